The number of carbonyl (C=O) groups excluding carboxylic acids is 4. The van der Waals surface area contributed by atoms with E-state index in [4.69, 9.17) is 37.3 Å². The second-order valence-electron chi connectivity index (χ2n) is 31.4. The van der Waals surface area contributed by atoms with E-state index in [1.54, 1.807) is 13.8 Å². The summed E-state index contributed by atoms with van der Waals surface area (Å²) in [6.45, 7) is 17.0. The maximum absolute atomic E-state index is 14.7. The van der Waals surface area contributed by atoms with Crippen LogP contribution >= 0.6 is 7.82 Å². The van der Waals surface area contributed by atoms with Gasteiger partial charge in [-0.3, -0.25) is 32.7 Å². The van der Waals surface area contributed by atoms with Crippen molar-refractivity contribution in [2.24, 2.45) is 17.8 Å². The number of ether oxygens (including phenoxy) is 5. The van der Waals surface area contributed by atoms with E-state index in [0.29, 0.717) is 56.8 Å². The van der Waals surface area contributed by atoms with Crippen molar-refractivity contribution in [1.82, 2.24) is 10.6 Å². The van der Waals surface area contributed by atoms with E-state index in [9.17, 15) is 54.4 Å². The lowest BCUT2D eigenvalue weighted by Crippen LogP contribution is -2.67. The molecule has 0 bridgehead atoms. The van der Waals surface area contributed by atoms with E-state index >= 15 is 0 Å². The molecule has 0 radical (unpaired) electrons. The zero-order valence-corrected chi connectivity index (χ0v) is 67.3. The summed E-state index contributed by atoms with van der Waals surface area (Å²) < 4.78 is 61.5. The van der Waals surface area contributed by atoms with Crippen molar-refractivity contribution in [1.29, 1.82) is 0 Å². The third-order valence-corrected chi connectivity index (χ3v) is 21.8. The van der Waals surface area contributed by atoms with Crippen LogP contribution in [0.3, 0.4) is 0 Å². The SMILES string of the molecule is CCCCCCCCCCCCCCCC(=O)O[C@H](CCCCCCCCCCCC(C)C)CC(=O)N[C@H]1[C@H](OC[C@H]2O[C@H](OP(=O)(OCC)OCC)[C@H](NC(=O)C[C@H](O)CCCCCCCCCCCC(C)C)[C@@H](O)[C@@H]2O)O[C@H](CO)[C@@H](O)[C@@H]1OC(=O)C[C@H](O)CCCCCCCCCC(C)C. The predicted molar refractivity (Wildman–Crippen MR) is 408 cm³/mol. The number of hydrogen-bond acceptors (Lipinski definition) is 19. The molecule has 2 heterocycles. The number of aliphatic hydroxyl groups excluding tert-OH is 6. The molecule has 2 aliphatic rings. The fourth-order valence-corrected chi connectivity index (χ4v) is 15.2. The minimum Gasteiger partial charge on any atom is -0.462 e. The number of aliphatic hydroxyl groups is 6. The second-order valence-corrected chi connectivity index (χ2v) is 33.0. The Morgan fingerprint density at radius 3 is 1.23 bits per heavy atom. The Balaban J connectivity index is 2.40. The highest BCUT2D eigenvalue weighted by molar-refractivity contribution is 7.48. The molecule has 0 aromatic carbocycles. The van der Waals surface area contributed by atoms with Crippen molar-refractivity contribution < 1.29 is 91.6 Å². The van der Waals surface area contributed by atoms with Gasteiger partial charge < -0.3 is 65.0 Å². The molecule has 0 spiro atoms. The quantitative estimate of drug-likeness (QED) is 0.0159. The van der Waals surface area contributed by atoms with Gasteiger partial charge in [-0.25, -0.2) is 4.57 Å². The first-order valence-corrected chi connectivity index (χ1v) is 43.5. The molecule has 0 aromatic rings. The van der Waals surface area contributed by atoms with Crippen LogP contribution in [0.2, 0.25) is 0 Å². The van der Waals surface area contributed by atoms with Gasteiger partial charge in [0, 0.05) is 6.42 Å². The third kappa shape index (κ3) is 48.0. The van der Waals surface area contributed by atoms with Gasteiger partial charge in [-0.05, 0) is 63.7 Å². The molecule has 2 rings (SSSR count). The van der Waals surface area contributed by atoms with Gasteiger partial charge in [-0.1, -0.05) is 299 Å². The van der Waals surface area contributed by atoms with E-state index in [-0.39, 0.29) is 32.5 Å². The Hall–Kier alpha value is -2.37. The Bertz CT molecular complexity index is 2120. The summed E-state index contributed by atoms with van der Waals surface area (Å²) >= 11 is 0. The highest BCUT2D eigenvalue weighted by Crippen LogP contribution is 2.52. The fraction of sp³-hybridized carbons (Fsp3) is 0.951. The van der Waals surface area contributed by atoms with Gasteiger partial charge in [0.2, 0.25) is 11.8 Å². The molecule has 2 saturated heterocycles. The summed E-state index contributed by atoms with van der Waals surface area (Å²) in [5, 5.41) is 73.9. The molecule has 0 saturated carbocycles. The van der Waals surface area contributed by atoms with Gasteiger partial charge in [0.15, 0.2) is 18.7 Å². The summed E-state index contributed by atoms with van der Waals surface area (Å²) in [6, 6.07) is -3.16. The van der Waals surface area contributed by atoms with Crippen molar-refractivity contribution in [2.75, 3.05) is 26.4 Å². The first-order chi connectivity index (χ1) is 49.6. The van der Waals surface area contributed by atoms with Crippen molar-refractivity contribution in [3.8, 4) is 0 Å². The number of carbonyl (C=O) groups is 4. The van der Waals surface area contributed by atoms with E-state index in [2.05, 4.69) is 59.1 Å². The largest absolute Gasteiger partial charge is 0.477 e. The van der Waals surface area contributed by atoms with Gasteiger partial charge in [0.1, 0.15) is 48.7 Å². The Morgan fingerprint density at radius 1 is 0.427 bits per heavy atom. The maximum Gasteiger partial charge on any atom is 0.477 e. The average Bonchev–Trinajstić information content (AvgIpc) is 0.791. The van der Waals surface area contributed by atoms with Crippen LogP contribution in [0.1, 0.15) is 371 Å². The Morgan fingerprint density at radius 2 is 0.806 bits per heavy atom. The number of phosphoric acid groups is 1. The molecule has 608 valence electrons. The molecule has 2 amide bonds. The van der Waals surface area contributed by atoms with Crippen molar-refractivity contribution in [3.63, 3.8) is 0 Å². The van der Waals surface area contributed by atoms with Crippen molar-refractivity contribution in [2.45, 2.75) is 450 Å². The maximum atomic E-state index is 14.7. The number of nitrogens with one attached hydrogen (secondary N) is 2. The highest BCUT2D eigenvalue weighted by Gasteiger charge is 2.52. The van der Waals surface area contributed by atoms with Crippen LogP contribution in [0.5, 0.6) is 0 Å². The van der Waals surface area contributed by atoms with E-state index in [0.717, 1.165) is 102 Å². The normalized spacial score (nSPS) is 21.8. The minimum atomic E-state index is -4.49. The molecule has 21 nitrogen and oxygen atoms in total. The molecular weight excluding hydrogens is 1340 g/mol. The number of unbranched alkanes of at least 4 members (excludes halogenated alkanes) is 34. The van der Waals surface area contributed by atoms with Crippen LogP contribution < -0.4 is 10.6 Å². The van der Waals surface area contributed by atoms with Gasteiger partial charge in [-0.2, -0.15) is 0 Å². The number of hydrogen-bond donors (Lipinski definition) is 8. The smallest absolute Gasteiger partial charge is 0.462 e. The molecule has 8 N–H and O–H groups in total. The summed E-state index contributed by atoms with van der Waals surface area (Å²) in [5.74, 6) is -0.594. The Kier molecular flexibility index (Phi) is 57.7. The summed E-state index contributed by atoms with van der Waals surface area (Å²) in [6.07, 6.45) is 28.7. The van der Waals surface area contributed by atoms with E-state index in [1.165, 1.54) is 141 Å². The lowest BCUT2D eigenvalue weighted by molar-refractivity contribution is -0.297. The molecule has 103 heavy (non-hydrogen) atoms. The van der Waals surface area contributed by atoms with Crippen LogP contribution in [0.25, 0.3) is 0 Å². The van der Waals surface area contributed by atoms with E-state index in [1.807, 2.05) is 0 Å². The zero-order valence-electron chi connectivity index (χ0n) is 66.4. The highest BCUT2D eigenvalue weighted by atomic mass is 31.2. The second kappa shape index (κ2) is 61.4. The van der Waals surface area contributed by atoms with Crippen LogP contribution in [0.15, 0.2) is 0 Å². The number of esters is 2. The summed E-state index contributed by atoms with van der Waals surface area (Å²) in [7, 11) is -4.49. The van der Waals surface area contributed by atoms with E-state index < -0.39 is 131 Å². The molecule has 13 atom stereocenters. The van der Waals surface area contributed by atoms with Crippen LogP contribution in [0, 0.1) is 17.8 Å². The van der Waals surface area contributed by atoms with Crippen molar-refractivity contribution >= 4 is 31.6 Å². The summed E-state index contributed by atoms with van der Waals surface area (Å²) in [4.78, 5) is 56.0. The zero-order chi connectivity index (χ0) is 75.9. The molecule has 0 aliphatic carbocycles. The Labute approximate surface area is 625 Å². The number of phosphoric ester groups is 1. The molecule has 0 aromatic heterocycles. The van der Waals surface area contributed by atoms with Crippen LogP contribution in [-0.2, 0) is 61.0 Å². The molecule has 22 heteroatoms. The number of amides is 2. The summed E-state index contributed by atoms with van der Waals surface area (Å²) in [5.41, 5.74) is 0. The lowest BCUT2D eigenvalue weighted by Gasteiger charge is -2.45. The van der Waals surface area contributed by atoms with Gasteiger partial charge in [-0.15, -0.1) is 0 Å². The molecule has 2 fully saturated rings. The van der Waals surface area contributed by atoms with Gasteiger partial charge >= 0.3 is 19.8 Å². The standard InChI is InChI=1S/C81H155N2O19P/c1-10-13-14-15-16-17-18-19-20-27-35-42-49-56-72(89)98-67(55-48-41-34-26-22-24-30-37-44-51-63(6)7)59-71(88)83-75-79(101-73(90)58-66(86)54-47-40-33-28-31-38-45-52-64(8)9)77(92)68(60-84)99-80(75)95-61-69-76(91)78(93)74(81(100-69)102-103(94,96-11-2)97-12-3)82-70(87)57-65(85)53-46-39-32-25-21-23-29-36-43-50-62(4)5/h62-69,74-81,84-86,91-93H,10-61H2,1-9H3,(H,82,87)(H,83,88)/t65-,66-,67-,68-,69-,74-,75-,76-,77-,78-,79-,80-,81-/m1/s1. The third-order valence-electron chi connectivity index (χ3n) is 20.2. The van der Waals surface area contributed by atoms with Gasteiger partial charge in [0.25, 0.3) is 0 Å². The molecule has 0 unspecified atom stereocenters. The number of rotatable bonds is 68. The molecule has 2 aliphatic heterocycles. The van der Waals surface area contributed by atoms with Crippen LogP contribution in [0.4, 0.5) is 0 Å². The first kappa shape index (κ1) is 96.7. The topological polar surface area (TPSA) is 305 Å². The fourth-order valence-electron chi connectivity index (χ4n) is 13.9. The minimum absolute atomic E-state index is 0.140. The molecular formula is C81H155N2O19P. The predicted octanol–water partition coefficient (Wildman–Crippen LogP) is 17.0. The van der Waals surface area contributed by atoms with Crippen molar-refractivity contribution in [3.05, 3.63) is 0 Å². The first-order valence-electron chi connectivity index (χ1n) is 42.0. The lowest BCUT2D eigenvalue weighted by atomic mass is 9.95. The monoisotopic (exact) mass is 1490 g/mol. The average molecular weight is 1490 g/mol. The van der Waals surface area contributed by atoms with Crippen LogP contribution in [-0.4, -0.2) is 160 Å². The van der Waals surface area contributed by atoms with Gasteiger partial charge in [0.05, 0.1) is 57.9 Å².